The molecule has 1 N–H and O–H groups in total. The van der Waals surface area contributed by atoms with Crippen LogP contribution in [0.1, 0.15) is 65.4 Å². The van der Waals surface area contributed by atoms with Crippen LogP contribution in [0.2, 0.25) is 0 Å². The Morgan fingerprint density at radius 3 is 2.54 bits per heavy atom. The Morgan fingerprint density at radius 2 is 1.81 bits per heavy atom. The van der Waals surface area contributed by atoms with E-state index in [1.54, 1.807) is 0 Å². The lowest BCUT2D eigenvalue weighted by molar-refractivity contribution is -0.384. The standard InChI is InChI=1S/C28H25N3O6/c32-23-8-4-7-21(29-19-9-11-20(12-10-19)31(35)36)27(23)24(33)14-13-22-28-25(34)15-18(16-26(28)37-30-22)17-5-2-1-3-6-17/h1-3,5-6,9-12,18,33H,4,7-8,13-16H2/b27-24-,29-21?. The molecule has 2 aromatic carbocycles. The lowest BCUT2D eigenvalue weighted by Crippen LogP contribution is -2.21. The third-order valence-corrected chi connectivity index (χ3v) is 6.84. The number of non-ortho nitro benzene ring substituents is 1. The molecule has 0 spiro atoms. The van der Waals surface area contributed by atoms with E-state index in [-0.39, 0.29) is 47.3 Å². The summed E-state index contributed by atoms with van der Waals surface area (Å²) in [6, 6.07) is 15.5. The maximum Gasteiger partial charge on any atom is 0.269 e. The summed E-state index contributed by atoms with van der Waals surface area (Å²) in [5, 5.41) is 25.9. The molecule has 1 heterocycles. The van der Waals surface area contributed by atoms with E-state index in [0.29, 0.717) is 60.5 Å². The number of carbonyl (C=O) groups is 2. The van der Waals surface area contributed by atoms with Gasteiger partial charge in [0, 0.05) is 44.2 Å². The number of aliphatic imine (C=N–C) groups is 1. The van der Waals surface area contributed by atoms with Crippen molar-refractivity contribution in [1.29, 1.82) is 0 Å². The predicted octanol–water partition coefficient (Wildman–Crippen LogP) is 5.77. The van der Waals surface area contributed by atoms with Gasteiger partial charge in [0.15, 0.2) is 11.6 Å². The molecule has 1 fully saturated rings. The number of nitrogens with zero attached hydrogens (tertiary/aromatic N) is 3. The summed E-state index contributed by atoms with van der Waals surface area (Å²) in [5.74, 6) is 0.255. The fourth-order valence-electron chi connectivity index (χ4n) is 5.00. The second-order valence-electron chi connectivity index (χ2n) is 9.30. The van der Waals surface area contributed by atoms with Gasteiger partial charge in [0.2, 0.25) is 0 Å². The van der Waals surface area contributed by atoms with Gasteiger partial charge in [0.1, 0.15) is 11.5 Å². The van der Waals surface area contributed by atoms with E-state index in [1.807, 2.05) is 30.3 Å². The second-order valence-corrected chi connectivity index (χ2v) is 9.30. The third kappa shape index (κ3) is 5.11. The fourth-order valence-corrected chi connectivity index (χ4v) is 5.00. The predicted molar refractivity (Wildman–Crippen MR) is 135 cm³/mol. The highest BCUT2D eigenvalue weighted by Gasteiger charge is 2.33. The lowest BCUT2D eigenvalue weighted by atomic mass is 9.81. The molecule has 2 aliphatic rings. The zero-order chi connectivity index (χ0) is 25.9. The van der Waals surface area contributed by atoms with Crippen molar-refractivity contribution in [3.8, 4) is 0 Å². The lowest BCUT2D eigenvalue weighted by Gasteiger charge is -2.20. The van der Waals surface area contributed by atoms with Crippen LogP contribution >= 0.6 is 0 Å². The highest BCUT2D eigenvalue weighted by Crippen LogP contribution is 2.35. The van der Waals surface area contributed by atoms with Crippen molar-refractivity contribution in [3.05, 3.63) is 98.6 Å². The van der Waals surface area contributed by atoms with Crippen molar-refractivity contribution in [1.82, 2.24) is 5.16 Å². The molecule has 5 rings (SSSR count). The van der Waals surface area contributed by atoms with Crippen molar-refractivity contribution in [2.45, 2.75) is 50.9 Å². The Kier molecular flexibility index (Phi) is 6.76. The molecular weight excluding hydrogens is 474 g/mol. The molecule has 1 aromatic heterocycles. The first-order valence-corrected chi connectivity index (χ1v) is 12.2. The number of ketones is 2. The average molecular weight is 500 g/mol. The number of allylic oxidation sites excluding steroid dienone is 2. The summed E-state index contributed by atoms with van der Waals surface area (Å²) in [6.45, 7) is 0. The molecule has 188 valence electrons. The first-order chi connectivity index (χ1) is 17.9. The van der Waals surface area contributed by atoms with Gasteiger partial charge in [-0.15, -0.1) is 0 Å². The number of rotatable bonds is 6. The number of aromatic nitrogens is 1. The maximum atomic E-state index is 13.0. The number of hydrogen-bond acceptors (Lipinski definition) is 8. The molecule has 1 atom stereocenters. The molecule has 3 aromatic rings. The van der Waals surface area contributed by atoms with E-state index in [1.165, 1.54) is 24.3 Å². The quantitative estimate of drug-likeness (QED) is 0.197. The summed E-state index contributed by atoms with van der Waals surface area (Å²) in [6.07, 6.45) is 2.70. The van der Waals surface area contributed by atoms with Crippen LogP contribution in [-0.2, 0) is 17.6 Å². The average Bonchev–Trinajstić information content (AvgIpc) is 3.32. The summed E-state index contributed by atoms with van der Waals surface area (Å²) in [4.78, 5) is 40.6. The van der Waals surface area contributed by atoms with Gasteiger partial charge in [-0.2, -0.15) is 0 Å². The Balaban J connectivity index is 1.35. The molecule has 2 aliphatic carbocycles. The van der Waals surface area contributed by atoms with Gasteiger partial charge in [-0.25, -0.2) is 0 Å². The van der Waals surface area contributed by atoms with Crippen LogP contribution in [0.5, 0.6) is 0 Å². The van der Waals surface area contributed by atoms with Crippen molar-refractivity contribution in [2.24, 2.45) is 4.99 Å². The number of aryl methyl sites for hydroxylation is 1. The number of Topliss-reactive ketones (excluding diaryl/α,β-unsaturated/α-hetero) is 2. The zero-order valence-electron chi connectivity index (χ0n) is 20.1. The van der Waals surface area contributed by atoms with E-state index in [4.69, 9.17) is 4.52 Å². The largest absolute Gasteiger partial charge is 0.511 e. The van der Waals surface area contributed by atoms with E-state index >= 15 is 0 Å². The van der Waals surface area contributed by atoms with E-state index in [9.17, 15) is 24.8 Å². The summed E-state index contributed by atoms with van der Waals surface area (Å²) in [5.41, 5.74) is 3.09. The number of nitro groups is 1. The van der Waals surface area contributed by atoms with Gasteiger partial charge < -0.3 is 9.63 Å². The van der Waals surface area contributed by atoms with Crippen LogP contribution in [-0.4, -0.2) is 32.5 Å². The number of hydrogen-bond donors (Lipinski definition) is 1. The molecule has 1 saturated carbocycles. The van der Waals surface area contributed by atoms with Gasteiger partial charge in [-0.3, -0.25) is 24.7 Å². The molecule has 0 amide bonds. The van der Waals surface area contributed by atoms with E-state index in [0.717, 1.165) is 5.56 Å². The molecule has 0 radical (unpaired) electrons. The molecule has 37 heavy (non-hydrogen) atoms. The molecular formula is C28H25N3O6. The van der Waals surface area contributed by atoms with Gasteiger partial charge >= 0.3 is 0 Å². The summed E-state index contributed by atoms with van der Waals surface area (Å²) in [7, 11) is 0. The fraction of sp³-hybridized carbons (Fsp3) is 0.286. The van der Waals surface area contributed by atoms with Gasteiger partial charge in [-0.1, -0.05) is 35.5 Å². The van der Waals surface area contributed by atoms with E-state index < -0.39 is 4.92 Å². The van der Waals surface area contributed by atoms with Gasteiger partial charge in [-0.05, 0) is 36.5 Å². The van der Waals surface area contributed by atoms with Crippen molar-refractivity contribution >= 4 is 28.7 Å². The van der Waals surface area contributed by atoms with Crippen LogP contribution in [0.4, 0.5) is 11.4 Å². The SMILES string of the molecule is O=C1CCCC(=Nc2ccc([N+](=O)[O-])cc2)/C1=C(/O)CCc1noc2c1C(=O)CC(c1ccccc1)C2. The Bertz CT molecular complexity index is 1420. The minimum atomic E-state index is -0.493. The van der Waals surface area contributed by atoms with Crippen LogP contribution in [0.15, 0.2) is 75.4 Å². The van der Waals surface area contributed by atoms with Crippen LogP contribution in [0, 0.1) is 10.1 Å². The number of benzene rings is 2. The Labute approximate surface area is 212 Å². The van der Waals surface area contributed by atoms with Crippen molar-refractivity contribution < 1.29 is 24.1 Å². The number of fused-ring (bicyclic) bond motifs is 1. The Morgan fingerprint density at radius 1 is 1.05 bits per heavy atom. The van der Waals surface area contributed by atoms with Gasteiger partial charge in [0.25, 0.3) is 5.69 Å². The van der Waals surface area contributed by atoms with Crippen LogP contribution in [0.3, 0.4) is 0 Å². The number of nitro benzene ring substituents is 1. The smallest absolute Gasteiger partial charge is 0.269 e. The summed E-state index contributed by atoms with van der Waals surface area (Å²) < 4.78 is 5.53. The number of carbonyl (C=O) groups excluding carboxylic acids is 2. The van der Waals surface area contributed by atoms with Crippen LogP contribution in [0.25, 0.3) is 0 Å². The van der Waals surface area contributed by atoms with E-state index in [2.05, 4.69) is 10.1 Å². The minimum Gasteiger partial charge on any atom is -0.511 e. The van der Waals surface area contributed by atoms with Crippen LogP contribution < -0.4 is 0 Å². The topological polar surface area (TPSA) is 136 Å². The molecule has 0 aliphatic heterocycles. The second kappa shape index (κ2) is 10.3. The molecule has 9 heteroatoms. The van der Waals surface area contributed by atoms with Gasteiger partial charge in [0.05, 0.1) is 33.2 Å². The van der Waals surface area contributed by atoms with Crippen molar-refractivity contribution in [2.75, 3.05) is 0 Å². The highest BCUT2D eigenvalue weighted by atomic mass is 16.6. The molecule has 1 unspecified atom stereocenters. The third-order valence-electron chi connectivity index (χ3n) is 6.84. The summed E-state index contributed by atoms with van der Waals surface area (Å²) >= 11 is 0. The normalized spacial score (nSPS) is 20.1. The zero-order valence-corrected chi connectivity index (χ0v) is 20.1. The minimum absolute atomic E-state index is 0.0346. The first kappa shape index (κ1) is 24.3. The number of aliphatic hydroxyl groups excluding tert-OH is 1. The van der Waals surface area contributed by atoms with Crippen molar-refractivity contribution in [3.63, 3.8) is 0 Å². The Hall–Kier alpha value is -4.40. The maximum absolute atomic E-state index is 13.0. The molecule has 0 bridgehead atoms. The first-order valence-electron chi connectivity index (χ1n) is 12.2. The monoisotopic (exact) mass is 499 g/mol. The highest BCUT2D eigenvalue weighted by molar-refractivity contribution is 6.24. The molecule has 9 nitrogen and oxygen atoms in total. The number of aliphatic hydroxyl groups is 1. The molecule has 0 saturated heterocycles.